The number of aromatic nitrogens is 1. The monoisotopic (exact) mass is 223 g/mol. The SMILES string of the molecule is CC.CC.CCc1ccc2ccsc2n1. The van der Waals surface area contributed by atoms with Gasteiger partial charge in [0.25, 0.3) is 0 Å². The number of fused-ring (bicyclic) bond motifs is 1. The van der Waals surface area contributed by atoms with E-state index in [1.54, 1.807) is 11.3 Å². The molecule has 0 bridgehead atoms. The molecule has 0 radical (unpaired) electrons. The molecule has 0 saturated carbocycles. The molecule has 84 valence electrons. The first-order valence-corrected chi connectivity index (χ1v) is 6.61. The van der Waals surface area contributed by atoms with Crippen LogP contribution in [0.4, 0.5) is 0 Å². The number of nitrogens with zero attached hydrogens (tertiary/aromatic N) is 1. The molecular weight excluding hydrogens is 202 g/mol. The highest BCUT2D eigenvalue weighted by Crippen LogP contribution is 2.18. The van der Waals surface area contributed by atoms with E-state index in [1.807, 2.05) is 27.7 Å². The summed E-state index contributed by atoms with van der Waals surface area (Å²) in [6.45, 7) is 10.1. The summed E-state index contributed by atoms with van der Waals surface area (Å²) in [6.07, 6.45) is 1.02. The van der Waals surface area contributed by atoms with Gasteiger partial charge in [-0.1, -0.05) is 40.7 Å². The van der Waals surface area contributed by atoms with E-state index in [-0.39, 0.29) is 0 Å². The summed E-state index contributed by atoms with van der Waals surface area (Å²) in [6, 6.07) is 6.33. The molecule has 15 heavy (non-hydrogen) atoms. The first-order valence-electron chi connectivity index (χ1n) is 5.73. The highest BCUT2D eigenvalue weighted by atomic mass is 32.1. The summed E-state index contributed by atoms with van der Waals surface area (Å²) in [5, 5.41) is 3.34. The maximum absolute atomic E-state index is 4.47. The summed E-state index contributed by atoms with van der Waals surface area (Å²) in [7, 11) is 0. The second-order valence-corrected chi connectivity index (χ2v) is 3.37. The van der Waals surface area contributed by atoms with Gasteiger partial charge < -0.3 is 0 Å². The van der Waals surface area contributed by atoms with Gasteiger partial charge in [-0.3, -0.25) is 0 Å². The van der Waals surface area contributed by atoms with E-state index in [0.29, 0.717) is 0 Å². The van der Waals surface area contributed by atoms with Crippen LogP contribution in [0, 0.1) is 0 Å². The maximum Gasteiger partial charge on any atom is 0.123 e. The smallest absolute Gasteiger partial charge is 0.123 e. The van der Waals surface area contributed by atoms with E-state index >= 15 is 0 Å². The predicted molar refractivity (Wildman–Crippen MR) is 71.7 cm³/mol. The second kappa shape index (κ2) is 8.42. The van der Waals surface area contributed by atoms with Gasteiger partial charge in [0.2, 0.25) is 0 Å². The minimum Gasteiger partial charge on any atom is -0.242 e. The third kappa shape index (κ3) is 4.00. The molecule has 0 unspecified atom stereocenters. The first kappa shape index (κ1) is 14.1. The molecule has 0 fully saturated rings. The van der Waals surface area contributed by atoms with E-state index < -0.39 is 0 Å². The van der Waals surface area contributed by atoms with Gasteiger partial charge in [-0.05, 0) is 23.9 Å². The molecule has 0 saturated heterocycles. The summed E-state index contributed by atoms with van der Waals surface area (Å²) < 4.78 is 0. The van der Waals surface area contributed by atoms with Crippen LogP contribution < -0.4 is 0 Å². The number of rotatable bonds is 1. The van der Waals surface area contributed by atoms with Crippen LogP contribution >= 0.6 is 11.3 Å². The lowest BCUT2D eigenvalue weighted by Gasteiger charge is -1.93. The van der Waals surface area contributed by atoms with Crippen LogP contribution in [-0.2, 0) is 6.42 Å². The number of hydrogen-bond acceptors (Lipinski definition) is 2. The standard InChI is InChI=1S/C9H9NS.2C2H6/c1-2-8-4-3-7-5-6-11-9(7)10-8;2*1-2/h3-6H,2H2,1H3;2*1-2H3. The van der Waals surface area contributed by atoms with Gasteiger partial charge in [-0.15, -0.1) is 11.3 Å². The summed E-state index contributed by atoms with van der Waals surface area (Å²) >= 11 is 1.71. The van der Waals surface area contributed by atoms with Crippen molar-refractivity contribution in [3.8, 4) is 0 Å². The molecule has 2 aromatic heterocycles. The fourth-order valence-electron chi connectivity index (χ4n) is 1.08. The number of pyridine rings is 1. The third-order valence-corrected chi connectivity index (χ3v) is 2.56. The molecule has 2 heteroatoms. The Kier molecular flexibility index (Phi) is 7.92. The van der Waals surface area contributed by atoms with Crippen molar-refractivity contribution in [2.24, 2.45) is 0 Å². The van der Waals surface area contributed by atoms with Gasteiger partial charge in [0.15, 0.2) is 0 Å². The largest absolute Gasteiger partial charge is 0.242 e. The zero-order chi connectivity index (χ0) is 11.7. The molecular formula is C13H21NS. The van der Waals surface area contributed by atoms with Crippen molar-refractivity contribution in [3.63, 3.8) is 0 Å². The topological polar surface area (TPSA) is 12.9 Å². The quantitative estimate of drug-likeness (QED) is 0.669. The van der Waals surface area contributed by atoms with Gasteiger partial charge in [0.1, 0.15) is 4.83 Å². The fourth-order valence-corrected chi connectivity index (χ4v) is 1.87. The van der Waals surface area contributed by atoms with E-state index in [4.69, 9.17) is 0 Å². The zero-order valence-corrected chi connectivity index (χ0v) is 11.2. The Morgan fingerprint density at radius 3 is 2.33 bits per heavy atom. The van der Waals surface area contributed by atoms with Crippen LogP contribution in [0.25, 0.3) is 10.2 Å². The highest BCUT2D eigenvalue weighted by molar-refractivity contribution is 7.16. The Bertz CT molecular complexity index is 365. The van der Waals surface area contributed by atoms with Crippen LogP contribution in [0.15, 0.2) is 23.6 Å². The first-order chi connectivity index (χ1) is 7.40. The van der Waals surface area contributed by atoms with Crippen LogP contribution in [0.2, 0.25) is 0 Å². The van der Waals surface area contributed by atoms with Gasteiger partial charge in [0.05, 0.1) is 0 Å². The van der Waals surface area contributed by atoms with Crippen LogP contribution in [0.5, 0.6) is 0 Å². The summed E-state index contributed by atoms with van der Waals surface area (Å²) in [4.78, 5) is 5.63. The van der Waals surface area contributed by atoms with Crippen molar-refractivity contribution in [1.82, 2.24) is 4.98 Å². The van der Waals surface area contributed by atoms with Crippen molar-refractivity contribution in [1.29, 1.82) is 0 Å². The number of hydrogen-bond donors (Lipinski definition) is 0. The fraction of sp³-hybridized carbons (Fsp3) is 0.462. The molecule has 2 heterocycles. The van der Waals surface area contributed by atoms with Gasteiger partial charge in [-0.25, -0.2) is 4.98 Å². The summed E-state index contributed by atoms with van der Waals surface area (Å²) in [5.74, 6) is 0. The van der Waals surface area contributed by atoms with Gasteiger partial charge >= 0.3 is 0 Å². The highest BCUT2D eigenvalue weighted by Gasteiger charge is 1.95. The molecule has 0 aliphatic carbocycles. The molecule has 0 N–H and O–H groups in total. The number of aryl methyl sites for hydroxylation is 1. The van der Waals surface area contributed by atoms with Crippen molar-refractivity contribution in [3.05, 3.63) is 29.3 Å². The lowest BCUT2D eigenvalue weighted by molar-refractivity contribution is 1.06. The lowest BCUT2D eigenvalue weighted by atomic mass is 10.2. The molecule has 0 aliphatic heterocycles. The summed E-state index contributed by atoms with van der Waals surface area (Å²) in [5.41, 5.74) is 1.18. The van der Waals surface area contributed by atoms with E-state index in [0.717, 1.165) is 11.3 Å². The molecule has 0 spiro atoms. The van der Waals surface area contributed by atoms with Gasteiger partial charge in [-0.2, -0.15) is 0 Å². The van der Waals surface area contributed by atoms with Crippen LogP contribution in [-0.4, -0.2) is 4.98 Å². The van der Waals surface area contributed by atoms with Gasteiger partial charge in [0, 0.05) is 11.1 Å². The second-order valence-electron chi connectivity index (χ2n) is 2.47. The molecule has 0 amide bonds. The van der Waals surface area contributed by atoms with Crippen LogP contribution in [0.3, 0.4) is 0 Å². The normalized spacial score (nSPS) is 8.60. The zero-order valence-electron chi connectivity index (χ0n) is 10.4. The molecule has 0 aliphatic rings. The average Bonchev–Trinajstić information content (AvgIpc) is 2.81. The van der Waals surface area contributed by atoms with Crippen molar-refractivity contribution >= 4 is 21.6 Å². The Balaban J connectivity index is 0.000000442. The minimum absolute atomic E-state index is 1.02. The Morgan fingerprint density at radius 1 is 1.07 bits per heavy atom. The number of thiophene rings is 1. The Morgan fingerprint density at radius 2 is 1.73 bits per heavy atom. The average molecular weight is 223 g/mol. The molecule has 2 aromatic rings. The Hall–Kier alpha value is -0.890. The van der Waals surface area contributed by atoms with Crippen LogP contribution in [0.1, 0.15) is 40.3 Å². The molecule has 2 rings (SSSR count). The molecule has 0 atom stereocenters. The van der Waals surface area contributed by atoms with Crippen molar-refractivity contribution in [2.45, 2.75) is 41.0 Å². The molecule has 0 aromatic carbocycles. The van der Waals surface area contributed by atoms with Crippen molar-refractivity contribution in [2.75, 3.05) is 0 Å². The third-order valence-electron chi connectivity index (χ3n) is 1.74. The van der Waals surface area contributed by atoms with E-state index in [2.05, 4.69) is 35.5 Å². The van der Waals surface area contributed by atoms with E-state index in [1.165, 1.54) is 11.1 Å². The lowest BCUT2D eigenvalue weighted by Crippen LogP contribution is -1.83. The van der Waals surface area contributed by atoms with E-state index in [9.17, 15) is 0 Å². The Labute approximate surface area is 97.2 Å². The van der Waals surface area contributed by atoms with Crippen molar-refractivity contribution < 1.29 is 0 Å². The predicted octanol–water partition coefficient (Wildman–Crippen LogP) is 4.91. The molecule has 1 nitrogen and oxygen atoms in total. The minimum atomic E-state index is 1.02. The maximum atomic E-state index is 4.47.